The van der Waals surface area contributed by atoms with Gasteiger partial charge in [-0.25, -0.2) is 4.79 Å². The van der Waals surface area contributed by atoms with Gasteiger partial charge in [-0.1, -0.05) is 36.4 Å². The average molecular weight is 1950 g/mol. The number of aromatic nitrogens is 2. The number of H-pyrrole nitrogens is 2. The first-order chi connectivity index (χ1) is 65.0. The fourth-order valence-corrected chi connectivity index (χ4v) is 14.5. The lowest BCUT2D eigenvalue weighted by Gasteiger charge is -2.30. The number of primary amides is 3. The van der Waals surface area contributed by atoms with Crippen molar-refractivity contribution in [1.82, 2.24) is 99.5 Å². The van der Waals surface area contributed by atoms with Crippen LogP contribution in [0, 0.1) is 0 Å². The van der Waals surface area contributed by atoms with E-state index in [1.807, 2.05) is 21.3 Å². The Kier molecular flexibility index (Phi) is 42.3. The number of amides is 20. The van der Waals surface area contributed by atoms with E-state index in [4.69, 9.17) is 28.0 Å². The SMILES string of the molecule is C[C@H](NC(=O)[C@H](CO)NC(=O)[C@@H](N)CO)C(=O)N[C@@H](CC(=O)O)C(=O)N1CCC[C@H]1C(=O)N[C@@H](CC(N)=O)C(=O)N[C@@H](CO)C(=O)N[C@@H](CC(=O)O)C(=O)N[C@@H](Cc1c[nH]c2ccccc12)C(=O)N[C@@H](CC(N)=O)C(=O)N[C@@H](C)C(=O)N1CCC[C@H]1C(=O)N[C@@H](C)C(=O)N[C@@H](CCC(=O)O)C(=O)N[C@@H](CCC(=O)O)C(=O)N[C@@H](Cc1c[nH]c2ccccc12)C(=O)NCC(=O)N[C@@H](CC(N)=O)C(=O)O. The first-order valence-electron chi connectivity index (χ1n) is 42.8. The van der Waals surface area contributed by atoms with Crippen LogP contribution in [0.3, 0.4) is 0 Å². The summed E-state index contributed by atoms with van der Waals surface area (Å²) in [5.74, 6) is -32.6. The molecule has 138 heavy (non-hydrogen) atoms. The molecule has 0 spiro atoms. The quantitative estimate of drug-likeness (QED) is 0.0195. The molecule has 20 amide bonds. The van der Waals surface area contributed by atoms with Crippen molar-refractivity contribution in [3.63, 3.8) is 0 Å². The van der Waals surface area contributed by atoms with Crippen LogP contribution in [-0.4, -0.2) is 351 Å². The summed E-state index contributed by atoms with van der Waals surface area (Å²) in [4.78, 5) is 340. The molecule has 0 aliphatic carbocycles. The van der Waals surface area contributed by atoms with Crippen LogP contribution in [0.5, 0.6) is 0 Å². The highest BCUT2D eigenvalue weighted by molar-refractivity contribution is 6.04. The molecule has 4 heterocycles. The van der Waals surface area contributed by atoms with E-state index in [9.17, 15) is 156 Å². The Labute approximate surface area is 781 Å². The van der Waals surface area contributed by atoms with E-state index in [2.05, 4.69) is 68.5 Å². The van der Waals surface area contributed by atoms with Crippen molar-refractivity contribution in [3.8, 4) is 0 Å². The molecule has 2 aromatic carbocycles. The molecule has 2 aromatic heterocycles. The first-order valence-corrected chi connectivity index (χ1v) is 42.8. The molecule has 2 aliphatic rings. The van der Waals surface area contributed by atoms with E-state index in [-0.39, 0.29) is 50.8 Å². The van der Waals surface area contributed by atoms with Crippen molar-refractivity contribution < 1.29 is 161 Å². The third-order valence-corrected chi connectivity index (χ3v) is 21.6. The second-order valence-electron chi connectivity index (χ2n) is 32.2. The van der Waals surface area contributed by atoms with Crippen LogP contribution in [0.1, 0.15) is 115 Å². The predicted octanol–water partition coefficient (Wildman–Crippen LogP) is -12.9. The molecule has 2 aliphatic heterocycles. The van der Waals surface area contributed by atoms with E-state index in [1.54, 1.807) is 48.5 Å². The molecule has 752 valence electrons. The highest BCUT2D eigenvalue weighted by Gasteiger charge is 2.44. The number of nitrogens with two attached hydrogens (primary N) is 4. The van der Waals surface area contributed by atoms with E-state index >= 15 is 0 Å². The molecule has 0 radical (unpaired) electrons. The van der Waals surface area contributed by atoms with Crippen LogP contribution in [0.4, 0.5) is 0 Å². The van der Waals surface area contributed by atoms with E-state index < -0.39 is 341 Å². The number of aromatic amines is 2. The number of carboxylic acid groups (broad SMARTS) is 5. The summed E-state index contributed by atoms with van der Waals surface area (Å²) in [6, 6.07) is -17.9. The number of aliphatic hydroxyl groups excluding tert-OH is 3. The number of aliphatic hydroxyl groups is 3. The number of para-hydroxylation sites is 2. The summed E-state index contributed by atoms with van der Waals surface area (Å²) in [6.45, 7) is -1.37. The van der Waals surface area contributed by atoms with Gasteiger partial charge in [-0.3, -0.25) is 115 Å². The minimum absolute atomic E-state index is 0.0231. The topological polar surface area (TPSA) is 911 Å². The zero-order valence-electron chi connectivity index (χ0n) is 74.4. The fraction of sp³-hybridized carbons (Fsp3) is 0.500. The lowest BCUT2D eigenvalue weighted by molar-refractivity contribution is -0.146. The molecule has 6 rings (SSSR count). The highest BCUT2D eigenvalue weighted by atomic mass is 16.4. The van der Waals surface area contributed by atoms with Gasteiger partial charge in [0.15, 0.2) is 0 Å². The number of hydrogen-bond donors (Lipinski definition) is 29. The molecular weight excluding hydrogens is 1840 g/mol. The fourth-order valence-electron chi connectivity index (χ4n) is 14.5. The number of carboxylic acids is 5. The van der Waals surface area contributed by atoms with E-state index in [0.717, 1.165) is 30.6 Å². The summed E-state index contributed by atoms with van der Waals surface area (Å²) < 4.78 is 0. The Morgan fingerprint density at radius 1 is 0.362 bits per heavy atom. The van der Waals surface area contributed by atoms with Gasteiger partial charge in [-0.2, -0.15) is 0 Å². The largest absolute Gasteiger partial charge is 0.481 e. The van der Waals surface area contributed by atoms with Gasteiger partial charge < -0.3 is 163 Å². The summed E-state index contributed by atoms with van der Waals surface area (Å²) in [5.41, 5.74) is 23.2. The Morgan fingerprint density at radius 2 is 0.710 bits per heavy atom. The number of rotatable bonds is 56. The van der Waals surface area contributed by atoms with Crippen LogP contribution < -0.4 is 103 Å². The first kappa shape index (κ1) is 111. The Balaban J connectivity index is 1.13. The number of likely N-dealkylation sites (tertiary alicyclic amines) is 2. The Bertz CT molecular complexity index is 5260. The summed E-state index contributed by atoms with van der Waals surface area (Å²) in [7, 11) is 0. The Hall–Kier alpha value is -15.9. The number of aliphatic carboxylic acids is 5. The molecule has 56 nitrogen and oxygen atoms in total. The average Bonchev–Trinajstić information content (AvgIpc) is 1.65. The third kappa shape index (κ3) is 33.6. The minimum Gasteiger partial charge on any atom is -0.481 e. The Morgan fingerprint density at radius 3 is 1.17 bits per heavy atom. The number of benzene rings is 2. The van der Waals surface area contributed by atoms with Crippen LogP contribution in [-0.2, 0) is 133 Å². The molecule has 17 atom stereocenters. The molecule has 4 aromatic rings. The third-order valence-electron chi connectivity index (χ3n) is 21.6. The van der Waals surface area contributed by atoms with Gasteiger partial charge >= 0.3 is 29.8 Å². The zero-order valence-corrected chi connectivity index (χ0v) is 74.4. The summed E-state index contributed by atoms with van der Waals surface area (Å²) in [5, 5.41) is 112. The molecule has 0 unspecified atom stereocenters. The van der Waals surface area contributed by atoms with Gasteiger partial charge in [0.1, 0.15) is 103 Å². The van der Waals surface area contributed by atoms with Crippen molar-refractivity contribution in [2.45, 2.75) is 220 Å². The number of nitrogens with one attached hydrogen (secondary N) is 17. The number of carbonyl (C=O) groups is 25. The molecular formula is C82H111N23O33. The van der Waals surface area contributed by atoms with Crippen LogP contribution in [0.25, 0.3) is 21.8 Å². The second-order valence-corrected chi connectivity index (χ2v) is 32.2. The molecule has 0 saturated carbocycles. The number of fused-ring (bicyclic) bond motifs is 2. The molecule has 2 fully saturated rings. The normalized spacial score (nSPS) is 16.5. The van der Waals surface area contributed by atoms with Gasteiger partial charge in [0.25, 0.3) is 0 Å². The van der Waals surface area contributed by atoms with Crippen LogP contribution in [0.15, 0.2) is 60.9 Å². The lowest BCUT2D eigenvalue weighted by Crippen LogP contribution is -2.61. The zero-order chi connectivity index (χ0) is 103. The minimum atomic E-state index is -2.27. The standard InChI is InChI=1S/C82H111N23O33/c1-35(90-76(131)54(33-107)102-68(123)42(83)32-106)67(122)101-52(28-65(119)120)81(136)105-21-9-15-57(105)79(134)100-50(25-59(85)110)74(129)103-55(34-108)77(132)99-51(27-64(117)118)75(130)97-48(23-39-30-88-44-13-7-5-11-41(39)44)73(128)98-49(24-58(84)109)72(127)92-37(3)80(135)104-20-8-14-56(104)78(133)91-36(2)66(121)94-45(16-18-62(113)114)70(125)95-46(17-19-63(115)116)71(126)96-47(22-38-29-87-43-12-6-4-10-40(38)43)69(124)89-31-61(112)93-53(82(137)138)26-60(86)111/h4-7,10-13,29-30,35-37,42,45-57,87-88,106-108H,8-9,14-28,31-34,83H2,1-3H3,(H2,84,109)(H2,85,110)(H2,86,111)(H,89,124)(H,90,131)(H,91,133)(H,92,127)(H,93,112)(H,94,121)(H,95,125)(H,96,126)(H,97,130)(H,98,128)(H,99,132)(H,100,134)(H,101,122)(H,102,123)(H,103,129)(H,113,114)(H,115,116)(H,117,118)(H,119,120)(H,137,138)/t35-,36-,37-,42-,45-,46-,47-,48-,49-,50-,51-,52-,53-,54-,55-,56-,57-/m0/s1. The number of nitrogens with zero attached hydrogens (tertiary/aromatic N) is 2. The monoisotopic (exact) mass is 1950 g/mol. The molecule has 33 N–H and O–H groups in total. The van der Waals surface area contributed by atoms with Gasteiger partial charge in [-0.15, -0.1) is 0 Å². The number of carbonyl (C=O) groups excluding carboxylic acids is 20. The lowest BCUT2D eigenvalue weighted by atomic mass is 10.0. The summed E-state index contributed by atoms with van der Waals surface area (Å²) >= 11 is 0. The maximum atomic E-state index is 14.7. The van der Waals surface area contributed by atoms with Crippen molar-refractivity contribution in [3.05, 3.63) is 72.1 Å². The maximum Gasteiger partial charge on any atom is 0.326 e. The van der Waals surface area contributed by atoms with Crippen molar-refractivity contribution in [2.75, 3.05) is 39.5 Å². The van der Waals surface area contributed by atoms with Crippen molar-refractivity contribution in [2.24, 2.45) is 22.9 Å². The van der Waals surface area contributed by atoms with Gasteiger partial charge in [-0.05, 0) is 82.6 Å². The number of hydrogen-bond acceptors (Lipinski definition) is 29. The predicted molar refractivity (Wildman–Crippen MR) is 467 cm³/mol. The smallest absolute Gasteiger partial charge is 0.326 e. The van der Waals surface area contributed by atoms with E-state index in [1.165, 1.54) is 12.4 Å². The van der Waals surface area contributed by atoms with Gasteiger partial charge in [0.2, 0.25) is 118 Å². The second kappa shape index (κ2) is 52.7. The highest BCUT2D eigenvalue weighted by Crippen LogP contribution is 2.25. The van der Waals surface area contributed by atoms with Crippen molar-refractivity contribution >= 4 is 170 Å². The summed E-state index contributed by atoms with van der Waals surface area (Å²) in [6.07, 6.45) is -6.68. The van der Waals surface area contributed by atoms with Crippen LogP contribution in [0.2, 0.25) is 0 Å². The maximum absolute atomic E-state index is 14.7. The molecule has 0 bridgehead atoms. The van der Waals surface area contributed by atoms with Gasteiger partial charge in [0.05, 0.1) is 58.5 Å². The van der Waals surface area contributed by atoms with Crippen LogP contribution >= 0.6 is 0 Å². The molecule has 56 heteroatoms. The molecule has 2 saturated heterocycles. The van der Waals surface area contributed by atoms with Gasteiger partial charge in [0, 0.05) is 73.0 Å². The van der Waals surface area contributed by atoms with E-state index in [0.29, 0.717) is 27.4 Å². The van der Waals surface area contributed by atoms with Crippen molar-refractivity contribution in [1.29, 1.82) is 0 Å².